The second-order valence-electron chi connectivity index (χ2n) is 7.34. The van der Waals surface area contributed by atoms with Gasteiger partial charge in [-0.3, -0.25) is 9.36 Å². The van der Waals surface area contributed by atoms with Gasteiger partial charge in [0.05, 0.1) is 22.5 Å². The van der Waals surface area contributed by atoms with Gasteiger partial charge in [-0.2, -0.15) is 13.2 Å². The van der Waals surface area contributed by atoms with E-state index in [2.05, 4.69) is 9.97 Å². The topological polar surface area (TPSA) is 51.0 Å². The van der Waals surface area contributed by atoms with Crippen molar-refractivity contribution in [3.05, 3.63) is 51.3 Å². The lowest BCUT2D eigenvalue weighted by Gasteiger charge is -2.20. The number of halogens is 5. The van der Waals surface area contributed by atoms with Gasteiger partial charge < -0.3 is 4.90 Å². The number of rotatable bonds is 2. The molecule has 1 aromatic carbocycles. The highest BCUT2D eigenvalue weighted by molar-refractivity contribution is 6.30. The second-order valence-corrected chi connectivity index (χ2v) is 7.78. The Labute approximate surface area is 173 Å². The van der Waals surface area contributed by atoms with E-state index in [1.54, 1.807) is 6.92 Å². The zero-order chi connectivity index (χ0) is 21.8. The molecule has 1 fully saturated rings. The molecule has 0 aliphatic carbocycles. The van der Waals surface area contributed by atoms with Crippen molar-refractivity contribution in [1.82, 2.24) is 14.5 Å². The highest BCUT2D eigenvalue weighted by Crippen LogP contribution is 2.37. The predicted octanol–water partition coefficient (Wildman–Crippen LogP) is 4.49. The summed E-state index contributed by atoms with van der Waals surface area (Å²) in [6.07, 6.45) is -4.36. The molecule has 0 amide bonds. The molecule has 1 saturated heterocycles. The van der Waals surface area contributed by atoms with E-state index in [-0.39, 0.29) is 52.5 Å². The van der Waals surface area contributed by atoms with Crippen LogP contribution in [0.25, 0.3) is 22.2 Å². The third kappa shape index (κ3) is 3.51. The number of pyridine rings is 1. The maximum atomic E-state index is 14.7. The molecule has 3 heterocycles. The minimum absolute atomic E-state index is 0.0280. The normalized spacial score (nSPS) is 17.2. The van der Waals surface area contributed by atoms with Crippen molar-refractivity contribution < 1.29 is 17.6 Å². The molecule has 0 spiro atoms. The molecule has 1 atom stereocenters. The lowest BCUT2D eigenvalue weighted by Crippen LogP contribution is -2.28. The smallest absolute Gasteiger partial charge is 0.356 e. The Bertz CT molecular complexity index is 1210. The van der Waals surface area contributed by atoms with Gasteiger partial charge in [0.2, 0.25) is 0 Å². The summed E-state index contributed by atoms with van der Waals surface area (Å²) in [6, 6.07) is 5.44. The summed E-state index contributed by atoms with van der Waals surface area (Å²) < 4.78 is 55.4. The van der Waals surface area contributed by atoms with Crippen molar-refractivity contribution in [2.45, 2.75) is 19.5 Å². The molecule has 1 aliphatic heterocycles. The molecule has 0 N–H and O–H groups in total. The predicted molar refractivity (Wildman–Crippen MR) is 106 cm³/mol. The second kappa shape index (κ2) is 7.23. The zero-order valence-corrected chi connectivity index (χ0v) is 16.9. The summed E-state index contributed by atoms with van der Waals surface area (Å²) in [5, 5.41) is 0.269. The van der Waals surface area contributed by atoms with Gasteiger partial charge in [-0.05, 0) is 31.5 Å². The quantitative estimate of drug-likeness (QED) is 0.551. The lowest BCUT2D eigenvalue weighted by atomic mass is 10.1. The number of nitrogens with zero attached hydrogens (tertiary/aromatic N) is 4. The van der Waals surface area contributed by atoms with Gasteiger partial charge in [-0.1, -0.05) is 11.6 Å². The first-order valence-electron chi connectivity index (χ1n) is 9.21. The van der Waals surface area contributed by atoms with E-state index in [1.807, 2.05) is 0 Å². The number of benzene rings is 1. The molecule has 2 aromatic heterocycles. The Hall–Kier alpha value is -2.68. The molecule has 0 bridgehead atoms. The van der Waals surface area contributed by atoms with Crippen molar-refractivity contribution in [2.24, 2.45) is 13.0 Å². The van der Waals surface area contributed by atoms with Crippen LogP contribution in [0.1, 0.15) is 12.2 Å². The average molecular weight is 441 g/mol. The summed E-state index contributed by atoms with van der Waals surface area (Å²) in [4.78, 5) is 23.2. The Kier molecular flexibility index (Phi) is 4.96. The van der Waals surface area contributed by atoms with Gasteiger partial charge in [0.15, 0.2) is 0 Å². The minimum atomic E-state index is -4.30. The van der Waals surface area contributed by atoms with Crippen LogP contribution in [-0.4, -0.2) is 33.8 Å². The van der Waals surface area contributed by atoms with Crippen LogP contribution < -0.4 is 10.5 Å². The van der Waals surface area contributed by atoms with Crippen molar-refractivity contribution in [1.29, 1.82) is 0 Å². The molecule has 158 valence electrons. The van der Waals surface area contributed by atoms with E-state index >= 15 is 0 Å². The number of fused-ring (bicyclic) bond motifs is 1. The largest absolute Gasteiger partial charge is 0.393 e. The van der Waals surface area contributed by atoms with E-state index < -0.39 is 23.5 Å². The van der Waals surface area contributed by atoms with Crippen LogP contribution in [0.3, 0.4) is 0 Å². The molecular formula is C20H17ClF4N4O. The van der Waals surface area contributed by atoms with E-state index in [0.717, 1.165) is 6.07 Å². The number of aryl methyl sites for hydroxylation is 1. The highest BCUT2D eigenvalue weighted by Gasteiger charge is 2.44. The molecule has 5 nitrogen and oxygen atoms in total. The maximum absolute atomic E-state index is 14.7. The monoisotopic (exact) mass is 440 g/mol. The van der Waals surface area contributed by atoms with Crippen molar-refractivity contribution in [3.8, 4) is 11.3 Å². The van der Waals surface area contributed by atoms with E-state index in [9.17, 15) is 22.4 Å². The van der Waals surface area contributed by atoms with Gasteiger partial charge >= 0.3 is 6.18 Å². The molecule has 1 unspecified atom stereocenters. The van der Waals surface area contributed by atoms with Crippen LogP contribution in [0.15, 0.2) is 29.1 Å². The van der Waals surface area contributed by atoms with Crippen LogP contribution in [0, 0.1) is 18.7 Å². The maximum Gasteiger partial charge on any atom is 0.393 e. The van der Waals surface area contributed by atoms with E-state index in [4.69, 9.17) is 11.6 Å². The third-order valence-electron chi connectivity index (χ3n) is 5.43. The fraction of sp³-hybridized carbons (Fsp3) is 0.350. The van der Waals surface area contributed by atoms with E-state index in [1.165, 1.54) is 34.7 Å². The molecular weight excluding hydrogens is 424 g/mol. The number of alkyl halides is 3. The fourth-order valence-electron chi connectivity index (χ4n) is 3.66. The van der Waals surface area contributed by atoms with Crippen molar-refractivity contribution >= 4 is 28.3 Å². The molecule has 0 saturated carbocycles. The highest BCUT2D eigenvalue weighted by atomic mass is 35.5. The summed E-state index contributed by atoms with van der Waals surface area (Å²) in [6.45, 7) is 1.53. The Morgan fingerprint density at radius 1 is 1.20 bits per heavy atom. The summed E-state index contributed by atoms with van der Waals surface area (Å²) in [7, 11) is 1.54. The zero-order valence-electron chi connectivity index (χ0n) is 16.1. The van der Waals surface area contributed by atoms with Gasteiger partial charge in [0.1, 0.15) is 17.5 Å². The van der Waals surface area contributed by atoms with E-state index in [0.29, 0.717) is 5.82 Å². The van der Waals surface area contributed by atoms with Gasteiger partial charge in [0.25, 0.3) is 5.56 Å². The Morgan fingerprint density at radius 3 is 2.57 bits per heavy atom. The molecule has 10 heteroatoms. The molecule has 4 rings (SSSR count). The van der Waals surface area contributed by atoms with Crippen LogP contribution in [0.2, 0.25) is 5.02 Å². The Balaban J connectivity index is 1.95. The summed E-state index contributed by atoms with van der Waals surface area (Å²) in [5.41, 5.74) is -0.114. The summed E-state index contributed by atoms with van der Waals surface area (Å²) in [5.74, 6) is -1.52. The molecule has 30 heavy (non-hydrogen) atoms. The third-order valence-corrected chi connectivity index (χ3v) is 5.67. The first-order valence-corrected chi connectivity index (χ1v) is 9.59. The van der Waals surface area contributed by atoms with Crippen molar-refractivity contribution in [3.63, 3.8) is 0 Å². The number of anilines is 1. The van der Waals surface area contributed by atoms with Gasteiger partial charge in [-0.15, -0.1) is 0 Å². The van der Waals surface area contributed by atoms with Crippen molar-refractivity contribution in [2.75, 3.05) is 18.0 Å². The van der Waals surface area contributed by atoms with Gasteiger partial charge in [-0.25, -0.2) is 14.4 Å². The Morgan fingerprint density at radius 2 is 1.93 bits per heavy atom. The standard InChI is InChI=1S/C20H17ClF4N4O/c1-10-26-15-8-16(29-6-5-11(9-29)20(23,24)25)27-18(17(15)19(30)28(10)2)13-4-3-12(21)7-14(13)22/h3-4,7-8,11H,5-6,9H2,1-2H3. The molecule has 0 radical (unpaired) electrons. The number of hydrogen-bond donors (Lipinski definition) is 0. The lowest BCUT2D eigenvalue weighted by molar-refractivity contribution is -0.168. The first kappa shape index (κ1) is 20.6. The van der Waals surface area contributed by atoms with Crippen LogP contribution in [-0.2, 0) is 7.05 Å². The summed E-state index contributed by atoms with van der Waals surface area (Å²) >= 11 is 5.84. The SMILES string of the molecule is Cc1nc2cc(N3CCC(C(F)(F)F)C3)nc(-c3ccc(Cl)cc3F)c2c(=O)n1C. The number of aromatic nitrogens is 3. The first-order chi connectivity index (χ1) is 14.1. The minimum Gasteiger partial charge on any atom is -0.356 e. The number of hydrogen-bond acceptors (Lipinski definition) is 4. The van der Waals surface area contributed by atoms with Crippen LogP contribution in [0.4, 0.5) is 23.4 Å². The van der Waals surface area contributed by atoms with Crippen LogP contribution in [0.5, 0.6) is 0 Å². The van der Waals surface area contributed by atoms with Gasteiger partial charge in [0, 0.05) is 36.8 Å². The fourth-order valence-corrected chi connectivity index (χ4v) is 3.81. The average Bonchev–Trinajstić information content (AvgIpc) is 3.16. The molecule has 3 aromatic rings. The molecule has 1 aliphatic rings. The van der Waals surface area contributed by atoms with Crippen LogP contribution >= 0.6 is 11.6 Å².